The maximum atomic E-state index is 11.7. The molecule has 1 aromatic carbocycles. The third kappa shape index (κ3) is 2.21. The number of hydrogen-bond acceptors (Lipinski definition) is 3. The van der Waals surface area contributed by atoms with Gasteiger partial charge in [0.2, 0.25) is 5.91 Å². The van der Waals surface area contributed by atoms with E-state index in [4.69, 9.17) is 5.73 Å². The number of rotatable bonds is 1. The van der Waals surface area contributed by atoms with Crippen LogP contribution in [0.25, 0.3) is 0 Å². The largest absolute Gasteiger partial charge is 0.480 e. The van der Waals surface area contributed by atoms with Gasteiger partial charge in [0.15, 0.2) is 0 Å². The number of anilines is 1. The van der Waals surface area contributed by atoms with E-state index in [2.05, 4.69) is 0 Å². The van der Waals surface area contributed by atoms with E-state index in [0.717, 1.165) is 5.56 Å². The van der Waals surface area contributed by atoms with Crippen molar-refractivity contribution in [2.45, 2.75) is 32.2 Å². The first-order chi connectivity index (χ1) is 8.86. The highest BCUT2D eigenvalue weighted by Gasteiger charge is 2.41. The topological polar surface area (TPSA) is 83.6 Å². The maximum Gasteiger partial charge on any atom is 0.328 e. The number of benzene rings is 1. The molecular formula is C14H18N2O3. The highest BCUT2D eigenvalue weighted by atomic mass is 16.4. The van der Waals surface area contributed by atoms with Gasteiger partial charge in [-0.1, -0.05) is 17.7 Å². The molecule has 1 heterocycles. The van der Waals surface area contributed by atoms with Crippen LogP contribution in [-0.4, -0.2) is 23.5 Å². The average molecular weight is 262 g/mol. The molecule has 0 aromatic heterocycles. The second kappa shape index (κ2) is 4.66. The van der Waals surface area contributed by atoms with Crippen LogP contribution >= 0.6 is 0 Å². The Balaban J connectivity index is 2.67. The Hall–Kier alpha value is -1.88. The predicted molar refractivity (Wildman–Crippen MR) is 71.9 cm³/mol. The molecular weight excluding hydrogens is 244 g/mol. The van der Waals surface area contributed by atoms with Gasteiger partial charge in [-0.05, 0) is 25.8 Å². The van der Waals surface area contributed by atoms with Gasteiger partial charge in [-0.2, -0.15) is 0 Å². The molecule has 1 unspecified atom stereocenters. The summed E-state index contributed by atoms with van der Waals surface area (Å²) in [5, 5.41) is 9.46. The fourth-order valence-electron chi connectivity index (χ4n) is 2.56. The van der Waals surface area contributed by atoms with Crippen LogP contribution in [0.2, 0.25) is 0 Å². The van der Waals surface area contributed by atoms with Crippen LogP contribution < -0.4 is 10.6 Å². The Morgan fingerprint density at radius 3 is 2.68 bits per heavy atom. The summed E-state index contributed by atoms with van der Waals surface area (Å²) in [4.78, 5) is 24.9. The Morgan fingerprint density at radius 1 is 1.42 bits per heavy atom. The van der Waals surface area contributed by atoms with Gasteiger partial charge in [0.25, 0.3) is 0 Å². The second-order valence-corrected chi connectivity index (χ2v) is 5.07. The summed E-state index contributed by atoms with van der Waals surface area (Å²) in [5.41, 5.74) is 6.75. The molecule has 0 aliphatic carbocycles. The third-order valence-electron chi connectivity index (χ3n) is 3.64. The second-order valence-electron chi connectivity index (χ2n) is 5.07. The lowest BCUT2D eigenvalue weighted by Crippen LogP contribution is -2.44. The van der Waals surface area contributed by atoms with Crippen molar-refractivity contribution in [1.82, 2.24) is 0 Å². The van der Waals surface area contributed by atoms with Gasteiger partial charge in [0.05, 0.1) is 0 Å². The summed E-state index contributed by atoms with van der Waals surface area (Å²) in [6.07, 6.45) is 0.888. The van der Waals surface area contributed by atoms with Crippen molar-refractivity contribution in [3.63, 3.8) is 0 Å². The molecule has 0 fully saturated rings. The highest BCUT2D eigenvalue weighted by Crippen LogP contribution is 2.36. The van der Waals surface area contributed by atoms with Crippen LogP contribution in [0.3, 0.4) is 0 Å². The molecule has 3 N–H and O–H groups in total. The standard InChI is InChI=1S/C14H18N2O3/c1-9-4-5-12-11(8-9)14(15,13(18)19)6-3-7-16(12)10(2)17/h4-5,8H,3,6-7,15H2,1-2H3,(H,18,19). The Morgan fingerprint density at radius 2 is 2.11 bits per heavy atom. The molecule has 1 amide bonds. The minimum atomic E-state index is -1.43. The first-order valence-electron chi connectivity index (χ1n) is 6.28. The molecule has 19 heavy (non-hydrogen) atoms. The van der Waals surface area contributed by atoms with Gasteiger partial charge in [-0.3, -0.25) is 4.79 Å². The molecule has 5 heteroatoms. The van der Waals surface area contributed by atoms with E-state index in [0.29, 0.717) is 30.6 Å². The highest BCUT2D eigenvalue weighted by molar-refractivity contribution is 5.95. The SMILES string of the molecule is CC(=O)N1CCCC(N)(C(=O)O)c2cc(C)ccc21. The van der Waals surface area contributed by atoms with Crippen molar-refractivity contribution in [1.29, 1.82) is 0 Å². The molecule has 1 aromatic rings. The number of carboxylic acids is 1. The molecule has 2 rings (SSSR count). The molecule has 0 radical (unpaired) electrons. The minimum absolute atomic E-state index is 0.0975. The van der Waals surface area contributed by atoms with E-state index in [1.54, 1.807) is 17.0 Å². The van der Waals surface area contributed by atoms with Crippen molar-refractivity contribution in [2.24, 2.45) is 5.73 Å². The van der Waals surface area contributed by atoms with Crippen LogP contribution in [0.1, 0.15) is 30.9 Å². The number of aryl methyl sites for hydroxylation is 1. The van der Waals surface area contributed by atoms with Gasteiger partial charge >= 0.3 is 5.97 Å². The Labute approximate surface area is 112 Å². The van der Waals surface area contributed by atoms with Crippen molar-refractivity contribution < 1.29 is 14.7 Å². The van der Waals surface area contributed by atoms with Crippen molar-refractivity contribution in [2.75, 3.05) is 11.4 Å². The van der Waals surface area contributed by atoms with Gasteiger partial charge in [0, 0.05) is 24.7 Å². The van der Waals surface area contributed by atoms with Crippen molar-refractivity contribution in [3.8, 4) is 0 Å². The summed E-state index contributed by atoms with van der Waals surface area (Å²) in [6.45, 7) is 3.86. The summed E-state index contributed by atoms with van der Waals surface area (Å²) < 4.78 is 0. The predicted octanol–water partition coefficient (Wildman–Crippen LogP) is 1.38. The molecule has 0 saturated carbocycles. The number of nitrogens with two attached hydrogens (primary N) is 1. The zero-order chi connectivity index (χ0) is 14.2. The lowest BCUT2D eigenvalue weighted by molar-refractivity contribution is -0.144. The smallest absolute Gasteiger partial charge is 0.328 e. The van der Waals surface area contributed by atoms with E-state index in [-0.39, 0.29) is 5.91 Å². The van der Waals surface area contributed by atoms with Crippen LogP contribution in [0.4, 0.5) is 5.69 Å². The monoisotopic (exact) mass is 262 g/mol. The van der Waals surface area contributed by atoms with Gasteiger partial charge in [-0.15, -0.1) is 0 Å². The normalized spacial score (nSPS) is 22.6. The maximum absolute atomic E-state index is 11.7. The van der Waals surface area contributed by atoms with E-state index in [1.807, 2.05) is 13.0 Å². The van der Waals surface area contributed by atoms with E-state index >= 15 is 0 Å². The number of amides is 1. The molecule has 0 bridgehead atoms. The minimum Gasteiger partial charge on any atom is -0.480 e. The Bertz CT molecular complexity index is 541. The van der Waals surface area contributed by atoms with Gasteiger partial charge in [-0.25, -0.2) is 4.79 Å². The van der Waals surface area contributed by atoms with Crippen molar-refractivity contribution in [3.05, 3.63) is 29.3 Å². The zero-order valence-electron chi connectivity index (χ0n) is 11.1. The molecule has 0 saturated heterocycles. The first kappa shape index (κ1) is 13.5. The van der Waals surface area contributed by atoms with Crippen LogP contribution in [0.15, 0.2) is 18.2 Å². The zero-order valence-corrected chi connectivity index (χ0v) is 11.1. The van der Waals surface area contributed by atoms with Crippen LogP contribution in [0.5, 0.6) is 0 Å². The summed E-state index contributed by atoms with van der Waals surface area (Å²) in [6, 6.07) is 5.41. The number of carbonyl (C=O) groups excluding carboxylic acids is 1. The van der Waals surface area contributed by atoms with E-state index < -0.39 is 11.5 Å². The fourth-order valence-corrected chi connectivity index (χ4v) is 2.56. The number of fused-ring (bicyclic) bond motifs is 1. The first-order valence-corrected chi connectivity index (χ1v) is 6.28. The fraction of sp³-hybridized carbons (Fsp3) is 0.429. The van der Waals surface area contributed by atoms with Crippen LogP contribution in [-0.2, 0) is 15.1 Å². The lowest BCUT2D eigenvalue weighted by Gasteiger charge is -2.27. The number of carboxylic acid groups (broad SMARTS) is 1. The summed E-state index contributed by atoms with van der Waals surface area (Å²) in [5.74, 6) is -1.15. The van der Waals surface area contributed by atoms with Crippen molar-refractivity contribution >= 4 is 17.6 Å². The third-order valence-corrected chi connectivity index (χ3v) is 3.64. The number of carbonyl (C=O) groups is 2. The van der Waals surface area contributed by atoms with Crippen LogP contribution in [0, 0.1) is 6.92 Å². The quantitative estimate of drug-likeness (QED) is 0.801. The van der Waals surface area contributed by atoms with Gasteiger partial charge < -0.3 is 15.7 Å². The Kier molecular flexibility index (Phi) is 3.32. The van der Waals surface area contributed by atoms with E-state index in [1.165, 1.54) is 6.92 Å². The van der Waals surface area contributed by atoms with Gasteiger partial charge in [0.1, 0.15) is 5.54 Å². The average Bonchev–Trinajstić information content (AvgIpc) is 2.48. The lowest BCUT2D eigenvalue weighted by atomic mass is 9.85. The molecule has 5 nitrogen and oxygen atoms in total. The number of hydrogen-bond donors (Lipinski definition) is 2. The molecule has 1 atom stereocenters. The summed E-state index contributed by atoms with van der Waals surface area (Å²) >= 11 is 0. The van der Waals surface area contributed by atoms with E-state index in [9.17, 15) is 14.7 Å². The summed E-state index contributed by atoms with van der Waals surface area (Å²) in [7, 11) is 0. The number of nitrogens with zero attached hydrogens (tertiary/aromatic N) is 1. The molecule has 0 spiro atoms. The molecule has 1 aliphatic heterocycles. The molecule has 1 aliphatic rings. The molecule has 102 valence electrons. The number of aliphatic carboxylic acids is 1.